The highest BCUT2D eigenvalue weighted by atomic mass is 16.4. The van der Waals surface area contributed by atoms with Crippen LogP contribution in [-0.4, -0.2) is 32.9 Å². The summed E-state index contributed by atoms with van der Waals surface area (Å²) in [5.74, 6) is -1.95. The molecule has 6 rings (SSSR count). The predicted octanol–water partition coefficient (Wildman–Crippen LogP) is 1.22. The van der Waals surface area contributed by atoms with Crippen molar-refractivity contribution in [3.05, 3.63) is 114 Å². The number of carbonyl (C=O) groups is 3. The largest absolute Gasteiger partial charge is 0.478 e. The van der Waals surface area contributed by atoms with E-state index < -0.39 is 28.6 Å². The van der Waals surface area contributed by atoms with Gasteiger partial charge >= 0.3 is 5.97 Å². The van der Waals surface area contributed by atoms with E-state index in [0.717, 1.165) is 34.1 Å². The van der Waals surface area contributed by atoms with Crippen LogP contribution in [-0.2, 0) is 26.1 Å². The number of carboxylic acids is 1. The fourth-order valence-corrected chi connectivity index (χ4v) is 5.44. The van der Waals surface area contributed by atoms with Gasteiger partial charge in [-0.25, -0.2) is 14.8 Å². The number of carboxylic acid groups (broad SMARTS) is 1. The van der Waals surface area contributed by atoms with Gasteiger partial charge in [-0.3, -0.25) is 19.2 Å². The van der Waals surface area contributed by atoms with Crippen LogP contribution in [0.3, 0.4) is 0 Å². The lowest BCUT2D eigenvalue weighted by molar-refractivity contribution is 0.0696. The lowest BCUT2D eigenvalue weighted by atomic mass is 10.0. The van der Waals surface area contributed by atoms with Crippen molar-refractivity contribution in [2.45, 2.75) is 38.5 Å². The Morgan fingerprint density at radius 1 is 0.927 bits per heavy atom. The molecule has 4 aromatic rings. The molecule has 0 saturated carbocycles. The molecule has 1 atom stereocenters. The molecule has 206 valence electrons. The molecule has 1 aromatic heterocycles. The SMILES string of the molecule is Nc1c(N2Cc3ccc(CNC(=O)c4cc(C(=O)N[C@H]5CCc6cc(C(=O)O)ccc65)ncn4)cc3C2)c(=O)c1=O. The molecule has 0 bridgehead atoms. The van der Waals surface area contributed by atoms with E-state index in [0.29, 0.717) is 25.9 Å². The highest BCUT2D eigenvalue weighted by molar-refractivity contribution is 5.97. The minimum Gasteiger partial charge on any atom is -0.478 e. The first kappa shape index (κ1) is 25.9. The van der Waals surface area contributed by atoms with Crippen LogP contribution in [0.4, 0.5) is 11.4 Å². The highest BCUT2D eigenvalue weighted by Crippen LogP contribution is 2.32. The van der Waals surface area contributed by atoms with Crippen molar-refractivity contribution in [2.75, 3.05) is 10.6 Å². The second-order valence-electron chi connectivity index (χ2n) is 10.1. The third-order valence-corrected chi connectivity index (χ3v) is 7.59. The number of amides is 2. The maximum atomic E-state index is 12.9. The molecule has 0 fully saturated rings. The fraction of sp³-hybridized carbons (Fsp3) is 0.207. The minimum atomic E-state index is -1.00. The normalized spacial score (nSPS) is 15.4. The van der Waals surface area contributed by atoms with E-state index in [4.69, 9.17) is 5.73 Å². The first-order chi connectivity index (χ1) is 19.7. The average Bonchev–Trinajstić information content (AvgIpc) is 3.58. The van der Waals surface area contributed by atoms with E-state index in [2.05, 4.69) is 20.6 Å². The van der Waals surface area contributed by atoms with Gasteiger partial charge in [0.05, 0.1) is 11.6 Å². The molecule has 2 heterocycles. The minimum absolute atomic E-state index is 0.00409. The second kappa shape index (κ2) is 9.97. The van der Waals surface area contributed by atoms with Crippen molar-refractivity contribution < 1.29 is 19.5 Å². The van der Waals surface area contributed by atoms with Crippen LogP contribution in [0.2, 0.25) is 0 Å². The zero-order valence-electron chi connectivity index (χ0n) is 21.6. The number of nitrogens with zero attached hydrogens (tertiary/aromatic N) is 3. The molecular weight excluding hydrogens is 528 g/mol. The Kier molecular flexibility index (Phi) is 6.29. The summed E-state index contributed by atoms with van der Waals surface area (Å²) in [6, 6.07) is 11.6. The summed E-state index contributed by atoms with van der Waals surface area (Å²) in [4.78, 5) is 70.2. The summed E-state index contributed by atoms with van der Waals surface area (Å²) in [5.41, 5.74) is 9.57. The number of nitrogen functional groups attached to an aromatic ring is 1. The van der Waals surface area contributed by atoms with Crippen molar-refractivity contribution in [2.24, 2.45) is 0 Å². The van der Waals surface area contributed by atoms with Gasteiger partial charge in [0.15, 0.2) is 0 Å². The van der Waals surface area contributed by atoms with Crippen LogP contribution in [0.15, 0.2) is 58.4 Å². The van der Waals surface area contributed by atoms with Gasteiger partial charge in [0, 0.05) is 25.7 Å². The third kappa shape index (κ3) is 4.69. The molecule has 0 saturated heterocycles. The molecule has 2 aliphatic rings. The Morgan fingerprint density at radius 2 is 1.68 bits per heavy atom. The molecule has 12 heteroatoms. The first-order valence-electron chi connectivity index (χ1n) is 12.9. The standard InChI is InChI=1S/C29H24N6O6/c30-23-24(26(37)25(23)36)35-11-17-2-1-14(7-18(17)12-35)10-31-27(38)21-9-22(33-13-32-21)28(39)34-20-6-4-15-8-16(29(40)41)3-5-19(15)20/h1-3,5,7-9,13,20H,4,6,10-12,30H2,(H,31,38)(H,34,39)(H,40,41)/t20-/m0/s1. The molecule has 1 aliphatic heterocycles. The maximum absolute atomic E-state index is 12.9. The number of benzene rings is 2. The van der Waals surface area contributed by atoms with Gasteiger partial charge in [-0.1, -0.05) is 24.3 Å². The monoisotopic (exact) mass is 552 g/mol. The van der Waals surface area contributed by atoms with E-state index >= 15 is 0 Å². The molecule has 0 unspecified atom stereocenters. The maximum Gasteiger partial charge on any atom is 0.335 e. The van der Waals surface area contributed by atoms with Crippen molar-refractivity contribution in [1.82, 2.24) is 20.6 Å². The molecule has 12 nitrogen and oxygen atoms in total. The van der Waals surface area contributed by atoms with Crippen LogP contribution in [0.25, 0.3) is 0 Å². The third-order valence-electron chi connectivity index (χ3n) is 7.59. The first-order valence-corrected chi connectivity index (χ1v) is 12.9. The number of anilines is 2. The van der Waals surface area contributed by atoms with E-state index in [9.17, 15) is 29.1 Å². The van der Waals surface area contributed by atoms with Crippen molar-refractivity contribution in [1.29, 1.82) is 0 Å². The Labute approximate surface area is 232 Å². The van der Waals surface area contributed by atoms with Gasteiger partial charge in [0.1, 0.15) is 29.1 Å². The molecule has 2 amide bonds. The van der Waals surface area contributed by atoms with Crippen LogP contribution in [0.5, 0.6) is 0 Å². The molecular formula is C29H24N6O6. The van der Waals surface area contributed by atoms with Crippen molar-refractivity contribution in [3.63, 3.8) is 0 Å². The molecule has 0 spiro atoms. The highest BCUT2D eigenvalue weighted by Gasteiger charge is 2.29. The number of fused-ring (bicyclic) bond motifs is 2. The quantitative estimate of drug-likeness (QED) is 0.243. The summed E-state index contributed by atoms with van der Waals surface area (Å²) in [6.45, 7) is 1.11. The summed E-state index contributed by atoms with van der Waals surface area (Å²) in [7, 11) is 0. The topological polar surface area (TPSA) is 185 Å². The number of carbonyl (C=O) groups excluding carboxylic acids is 2. The molecule has 41 heavy (non-hydrogen) atoms. The van der Waals surface area contributed by atoms with E-state index in [-0.39, 0.29) is 40.9 Å². The Hall–Kier alpha value is -5.39. The van der Waals surface area contributed by atoms with Gasteiger partial charge in [0.25, 0.3) is 22.7 Å². The zero-order chi connectivity index (χ0) is 28.8. The summed E-state index contributed by atoms with van der Waals surface area (Å²) >= 11 is 0. The Balaban J connectivity index is 1.08. The Bertz CT molecular complexity index is 1830. The van der Waals surface area contributed by atoms with E-state index in [1.165, 1.54) is 12.1 Å². The Morgan fingerprint density at radius 3 is 2.44 bits per heavy atom. The van der Waals surface area contributed by atoms with Gasteiger partial charge in [0.2, 0.25) is 0 Å². The van der Waals surface area contributed by atoms with Crippen molar-refractivity contribution >= 4 is 29.2 Å². The molecule has 3 aromatic carbocycles. The summed E-state index contributed by atoms with van der Waals surface area (Å²) in [6.07, 6.45) is 2.42. The smallest absolute Gasteiger partial charge is 0.335 e. The van der Waals surface area contributed by atoms with E-state index in [1.807, 2.05) is 18.2 Å². The van der Waals surface area contributed by atoms with Crippen LogP contribution < -0.4 is 32.1 Å². The molecule has 1 aliphatic carbocycles. The van der Waals surface area contributed by atoms with Crippen LogP contribution >= 0.6 is 0 Å². The predicted molar refractivity (Wildman–Crippen MR) is 147 cm³/mol. The average molecular weight is 553 g/mol. The van der Waals surface area contributed by atoms with E-state index in [1.54, 1.807) is 17.0 Å². The lowest BCUT2D eigenvalue weighted by Crippen LogP contribution is -2.40. The number of aromatic carboxylic acids is 1. The summed E-state index contributed by atoms with van der Waals surface area (Å²) in [5, 5.41) is 14.9. The zero-order valence-corrected chi connectivity index (χ0v) is 21.6. The van der Waals surface area contributed by atoms with Gasteiger partial charge in [-0.15, -0.1) is 0 Å². The van der Waals surface area contributed by atoms with Crippen molar-refractivity contribution in [3.8, 4) is 0 Å². The van der Waals surface area contributed by atoms with Gasteiger partial charge < -0.3 is 26.4 Å². The van der Waals surface area contributed by atoms with Gasteiger partial charge in [-0.2, -0.15) is 0 Å². The number of aromatic nitrogens is 2. The molecule has 0 radical (unpaired) electrons. The number of hydrogen-bond donors (Lipinski definition) is 4. The lowest BCUT2D eigenvalue weighted by Gasteiger charge is -2.19. The number of rotatable bonds is 7. The van der Waals surface area contributed by atoms with Gasteiger partial charge in [-0.05, 0) is 52.8 Å². The number of aryl methyl sites for hydroxylation is 1. The fourth-order valence-electron chi connectivity index (χ4n) is 5.44. The van der Waals surface area contributed by atoms with Crippen LogP contribution in [0.1, 0.15) is 71.6 Å². The summed E-state index contributed by atoms with van der Waals surface area (Å²) < 4.78 is 0. The number of nitrogens with two attached hydrogens (primary N) is 1. The number of nitrogens with one attached hydrogen (secondary N) is 2. The number of hydrogen-bond acceptors (Lipinski definition) is 9. The second-order valence-corrected chi connectivity index (χ2v) is 10.1. The van der Waals surface area contributed by atoms with Crippen LogP contribution in [0, 0.1) is 0 Å². The molecule has 5 N–H and O–H groups in total.